The Kier molecular flexibility index (Phi) is 3.90. The van der Waals surface area contributed by atoms with Crippen LogP contribution in [0.15, 0.2) is 40.1 Å². The second-order valence-corrected chi connectivity index (χ2v) is 7.11. The van der Waals surface area contributed by atoms with Crippen LogP contribution >= 0.6 is 0 Å². The molecule has 0 spiro atoms. The van der Waals surface area contributed by atoms with Crippen molar-refractivity contribution in [3.8, 4) is 0 Å². The molecule has 94 valence electrons. The molecule has 6 heteroatoms. The molecule has 0 radical (unpaired) electrons. The van der Waals surface area contributed by atoms with Crippen LogP contribution < -0.4 is 23.4 Å². The normalized spacial score (nSPS) is 10.3. The van der Waals surface area contributed by atoms with Crippen molar-refractivity contribution in [3.05, 3.63) is 51.3 Å². The number of hydrogen-bond donors (Lipinski definition) is 2. The number of aromatic amines is 2. The minimum atomic E-state index is -0.766. The van der Waals surface area contributed by atoms with E-state index in [0.717, 1.165) is 9.30 Å². The van der Waals surface area contributed by atoms with Gasteiger partial charge in [0.05, 0.1) is 0 Å². The molecule has 1 aromatic heterocycles. The Balaban J connectivity index is 2.23. The number of nitrogens with one attached hydrogen (secondary N) is 2. The number of nitrogens with zero attached hydrogens (tertiary/aromatic N) is 1. The zero-order valence-electron chi connectivity index (χ0n) is 10.1. The van der Waals surface area contributed by atoms with Gasteiger partial charge in [0.25, 0.3) is 0 Å². The third-order valence-corrected chi connectivity index (χ3v) is 5.31. The Labute approximate surface area is 114 Å². The second-order valence-electron chi connectivity index (χ2n) is 3.93. The Morgan fingerprint density at radius 3 is 2.33 bits per heavy atom. The van der Waals surface area contributed by atoms with Crippen molar-refractivity contribution in [3.63, 3.8) is 0 Å². The molecule has 0 fully saturated rings. The maximum absolute atomic E-state index is 11.6. The van der Waals surface area contributed by atoms with Gasteiger partial charge in [0.15, 0.2) is 0 Å². The third kappa shape index (κ3) is 3.03. The van der Waals surface area contributed by atoms with E-state index >= 15 is 0 Å². The van der Waals surface area contributed by atoms with Crippen LogP contribution in [-0.2, 0) is 0 Å². The van der Waals surface area contributed by atoms with Gasteiger partial charge in [-0.1, -0.05) is 0 Å². The summed E-state index contributed by atoms with van der Waals surface area (Å²) < 4.78 is 1.83. The van der Waals surface area contributed by atoms with Crippen molar-refractivity contribution >= 4 is 33.8 Å². The Bertz CT molecular complexity index is 643. The molecule has 2 rings (SSSR count). The van der Waals surface area contributed by atoms with E-state index in [4.69, 9.17) is 0 Å². The monoisotopic (exact) mass is 361 g/mol. The molecule has 1 aromatic carbocycles. The Morgan fingerprint density at radius 2 is 1.78 bits per heavy atom. The molecular weight excluding hydrogens is 346 g/mol. The first-order valence-electron chi connectivity index (χ1n) is 5.33. The molecule has 1 heterocycles. The van der Waals surface area contributed by atoms with Gasteiger partial charge in [-0.3, -0.25) is 0 Å². The van der Waals surface area contributed by atoms with Crippen LogP contribution in [0, 0.1) is 0 Å². The van der Waals surface area contributed by atoms with Gasteiger partial charge in [-0.15, -0.1) is 0 Å². The van der Waals surface area contributed by atoms with Gasteiger partial charge in [0, 0.05) is 0 Å². The van der Waals surface area contributed by atoms with Crippen molar-refractivity contribution < 1.29 is 0 Å². The zero-order chi connectivity index (χ0) is 13.1. The van der Waals surface area contributed by atoms with E-state index in [1.165, 1.54) is 6.20 Å². The summed E-state index contributed by atoms with van der Waals surface area (Å²) in [5, 5.41) is 0. The average Bonchev–Trinajstić information content (AvgIpc) is 2.33. The molecule has 2 aromatic rings. The van der Waals surface area contributed by atoms with Gasteiger partial charge in [0.1, 0.15) is 0 Å². The van der Waals surface area contributed by atoms with Gasteiger partial charge in [-0.05, 0) is 0 Å². The molecule has 0 saturated heterocycles. The fraction of sp³-hybridized carbons (Fsp3) is 0.167. The molecule has 0 atom stereocenters. The maximum atomic E-state index is 11.6. The quantitative estimate of drug-likeness (QED) is 0.676. The van der Waals surface area contributed by atoms with E-state index in [-0.39, 0.29) is 5.56 Å². The molecule has 0 bridgehead atoms. The molecule has 2 N–H and O–H groups in total. The number of aromatic nitrogens is 2. The van der Waals surface area contributed by atoms with Gasteiger partial charge in [-0.25, -0.2) is 0 Å². The first-order valence-corrected chi connectivity index (χ1v) is 7.66. The Morgan fingerprint density at radius 1 is 1.11 bits per heavy atom. The molecule has 5 nitrogen and oxygen atoms in total. The summed E-state index contributed by atoms with van der Waals surface area (Å²) in [5.74, 6) is 0. The van der Waals surface area contributed by atoms with E-state index < -0.39 is 26.6 Å². The molecule has 0 saturated carbocycles. The molecule has 18 heavy (non-hydrogen) atoms. The summed E-state index contributed by atoms with van der Waals surface area (Å²) in [7, 11) is 3.97. The van der Waals surface area contributed by atoms with Crippen molar-refractivity contribution in [2.45, 2.75) is 0 Å². The molecular formula is C12H13N3O2Te. The Hall–Kier alpha value is -1.51. The fourth-order valence-corrected chi connectivity index (χ4v) is 3.66. The van der Waals surface area contributed by atoms with Crippen LogP contribution in [0.4, 0.5) is 5.69 Å². The summed E-state index contributed by atoms with van der Waals surface area (Å²) >= 11 is -0.766. The summed E-state index contributed by atoms with van der Waals surface area (Å²) in [6, 6.07) is 8.12. The number of anilines is 1. The van der Waals surface area contributed by atoms with Crippen LogP contribution in [0.5, 0.6) is 0 Å². The summed E-state index contributed by atoms with van der Waals surface area (Å²) in [5.41, 5.74) is 0.388. The van der Waals surface area contributed by atoms with Crippen LogP contribution in [0.25, 0.3) is 0 Å². The second kappa shape index (κ2) is 5.42. The first-order chi connectivity index (χ1) is 8.56. The van der Waals surface area contributed by atoms with Crippen molar-refractivity contribution in [1.29, 1.82) is 0 Å². The minimum absolute atomic E-state index is 0.280. The number of hydrogen-bond acceptors (Lipinski definition) is 3. The first kappa shape index (κ1) is 12.9. The summed E-state index contributed by atoms with van der Waals surface area (Å²) in [6.45, 7) is 0. The SMILES string of the molecule is CN(C)c1ccc([Te]c2c[nH]c(=O)[nH]c2=O)cc1. The van der Waals surface area contributed by atoms with Crippen molar-refractivity contribution in [1.82, 2.24) is 9.97 Å². The average molecular weight is 359 g/mol. The van der Waals surface area contributed by atoms with Crippen molar-refractivity contribution in [2.24, 2.45) is 0 Å². The molecule has 0 unspecified atom stereocenters. The third-order valence-electron chi connectivity index (χ3n) is 2.37. The number of rotatable bonds is 3. The van der Waals surface area contributed by atoms with E-state index in [1.807, 2.05) is 43.3 Å². The van der Waals surface area contributed by atoms with E-state index in [2.05, 4.69) is 9.97 Å². The van der Waals surface area contributed by atoms with Crippen LogP contribution in [-0.4, -0.2) is 45.0 Å². The van der Waals surface area contributed by atoms with E-state index in [9.17, 15) is 9.59 Å². The predicted molar refractivity (Wildman–Crippen MR) is 73.5 cm³/mol. The summed E-state index contributed by atoms with van der Waals surface area (Å²) in [6.07, 6.45) is 1.52. The van der Waals surface area contributed by atoms with Crippen molar-refractivity contribution in [2.75, 3.05) is 19.0 Å². The number of H-pyrrole nitrogens is 2. The van der Waals surface area contributed by atoms with E-state index in [0.29, 0.717) is 3.61 Å². The van der Waals surface area contributed by atoms with Gasteiger partial charge in [-0.2, -0.15) is 0 Å². The van der Waals surface area contributed by atoms with Crippen LogP contribution in [0.2, 0.25) is 0 Å². The molecule has 0 amide bonds. The van der Waals surface area contributed by atoms with Gasteiger partial charge >= 0.3 is 114 Å². The molecule has 0 aliphatic heterocycles. The standard InChI is InChI=1S/C12H13N3O2Te/c1-15(2)8-3-5-9(6-4-8)18-10-7-13-12(17)14-11(10)16/h3-7H,1-2H3,(H2,13,14,16,17). The number of benzene rings is 1. The molecule has 0 aliphatic carbocycles. The van der Waals surface area contributed by atoms with Gasteiger partial charge in [0.2, 0.25) is 0 Å². The van der Waals surface area contributed by atoms with Crippen LogP contribution in [0.1, 0.15) is 0 Å². The van der Waals surface area contributed by atoms with E-state index in [1.54, 1.807) is 0 Å². The molecule has 0 aliphatic rings. The van der Waals surface area contributed by atoms with Crippen LogP contribution in [0.3, 0.4) is 0 Å². The topological polar surface area (TPSA) is 69.0 Å². The summed E-state index contributed by atoms with van der Waals surface area (Å²) in [4.78, 5) is 29.3. The fourth-order valence-electron chi connectivity index (χ4n) is 1.41. The van der Waals surface area contributed by atoms with Gasteiger partial charge < -0.3 is 0 Å². The predicted octanol–water partition coefficient (Wildman–Crippen LogP) is -1.22. The zero-order valence-corrected chi connectivity index (χ0v) is 12.4.